The van der Waals surface area contributed by atoms with Gasteiger partial charge in [0.25, 0.3) is 0 Å². The van der Waals surface area contributed by atoms with Crippen molar-refractivity contribution >= 4 is 12.1 Å². The molecule has 2 aromatic carbocycles. The number of carbonyl (C=O) groups is 2. The van der Waals surface area contributed by atoms with Gasteiger partial charge in [0.2, 0.25) is 0 Å². The number of nitrogens with one attached hydrogen (secondary N) is 1. The van der Waals surface area contributed by atoms with Gasteiger partial charge >= 0.3 is 12.1 Å². The van der Waals surface area contributed by atoms with E-state index in [0.29, 0.717) is 6.54 Å². The van der Waals surface area contributed by atoms with Crippen LogP contribution in [-0.4, -0.2) is 25.2 Å². The maximum Gasteiger partial charge on any atom is 0.407 e. The fourth-order valence-corrected chi connectivity index (χ4v) is 3.01. The predicted molar refractivity (Wildman–Crippen MR) is 92.8 cm³/mol. The summed E-state index contributed by atoms with van der Waals surface area (Å²) in [4.78, 5) is 23.6. The molecule has 2 atom stereocenters. The van der Waals surface area contributed by atoms with Crippen molar-refractivity contribution in [3.8, 4) is 0 Å². The van der Waals surface area contributed by atoms with Gasteiger partial charge in [0.05, 0.1) is 13.0 Å². The average molecular weight is 357 g/mol. The lowest BCUT2D eigenvalue weighted by Gasteiger charge is -2.31. The Morgan fingerprint density at radius 2 is 1.88 bits per heavy atom. The summed E-state index contributed by atoms with van der Waals surface area (Å²) in [6, 6.07) is 15.5. The molecule has 5 nitrogen and oxygen atoms in total. The van der Waals surface area contributed by atoms with E-state index in [2.05, 4.69) is 5.32 Å². The van der Waals surface area contributed by atoms with Crippen molar-refractivity contribution in [2.45, 2.75) is 18.9 Å². The molecular formula is C20H20FNO4. The zero-order chi connectivity index (χ0) is 18.4. The Morgan fingerprint density at radius 3 is 2.62 bits per heavy atom. The first-order chi connectivity index (χ1) is 12.6. The van der Waals surface area contributed by atoms with Crippen molar-refractivity contribution in [2.24, 2.45) is 5.92 Å². The molecule has 1 aliphatic heterocycles. The summed E-state index contributed by atoms with van der Waals surface area (Å²) in [5, 5.41) is 2.72. The fourth-order valence-electron chi connectivity index (χ4n) is 3.01. The standard InChI is InChI=1S/C20H20FNO4/c21-17-8-6-15(7-9-17)18-10-19(23)25-13-16(18)11-22-20(24)26-12-14-4-2-1-3-5-14/h1-9,16,18H,10-13H2,(H,22,24)/t16-,18-/m0/s1. The zero-order valence-electron chi connectivity index (χ0n) is 14.2. The molecular weight excluding hydrogens is 337 g/mol. The second kappa shape index (κ2) is 8.47. The lowest BCUT2D eigenvalue weighted by molar-refractivity contribution is -0.150. The molecule has 0 saturated carbocycles. The summed E-state index contributed by atoms with van der Waals surface area (Å²) in [6.45, 7) is 0.705. The highest BCUT2D eigenvalue weighted by atomic mass is 19.1. The highest BCUT2D eigenvalue weighted by Gasteiger charge is 2.32. The van der Waals surface area contributed by atoms with Crippen LogP contribution in [0.1, 0.15) is 23.5 Å². The number of hydrogen-bond acceptors (Lipinski definition) is 4. The quantitative estimate of drug-likeness (QED) is 0.833. The predicted octanol–water partition coefficient (Wildman–Crippen LogP) is 3.40. The molecule has 0 aliphatic carbocycles. The van der Waals surface area contributed by atoms with E-state index >= 15 is 0 Å². The minimum atomic E-state index is -0.524. The first kappa shape index (κ1) is 17.9. The molecule has 1 saturated heterocycles. The molecule has 3 rings (SSSR count). The van der Waals surface area contributed by atoms with E-state index in [-0.39, 0.29) is 43.3 Å². The largest absolute Gasteiger partial charge is 0.465 e. The summed E-state index contributed by atoms with van der Waals surface area (Å²) in [6.07, 6.45) is -0.319. The molecule has 1 aliphatic rings. The Balaban J connectivity index is 1.55. The Morgan fingerprint density at radius 1 is 1.15 bits per heavy atom. The molecule has 0 bridgehead atoms. The van der Waals surface area contributed by atoms with E-state index < -0.39 is 6.09 Å². The van der Waals surface area contributed by atoms with E-state index in [0.717, 1.165) is 11.1 Å². The second-order valence-electron chi connectivity index (χ2n) is 6.25. The number of halogens is 1. The lowest BCUT2D eigenvalue weighted by Crippen LogP contribution is -2.38. The van der Waals surface area contributed by atoms with Gasteiger partial charge in [0, 0.05) is 18.4 Å². The van der Waals surface area contributed by atoms with E-state index in [4.69, 9.17) is 9.47 Å². The highest BCUT2D eigenvalue weighted by molar-refractivity contribution is 5.72. The van der Waals surface area contributed by atoms with Gasteiger partial charge in [0.15, 0.2) is 0 Å². The highest BCUT2D eigenvalue weighted by Crippen LogP contribution is 2.32. The maximum absolute atomic E-state index is 13.1. The molecule has 1 fully saturated rings. The molecule has 6 heteroatoms. The zero-order valence-corrected chi connectivity index (χ0v) is 14.2. The lowest BCUT2D eigenvalue weighted by atomic mass is 9.82. The van der Waals surface area contributed by atoms with Crippen LogP contribution in [0.25, 0.3) is 0 Å². The van der Waals surface area contributed by atoms with E-state index in [1.54, 1.807) is 12.1 Å². The summed E-state index contributed by atoms with van der Waals surface area (Å²) in [5.41, 5.74) is 1.76. The SMILES string of the molecule is O=C1C[C@@H](c2ccc(F)cc2)[C@@H](CNC(=O)OCc2ccccc2)CO1. The summed E-state index contributed by atoms with van der Waals surface area (Å²) in [5.74, 6) is -0.845. The molecule has 1 amide bonds. The molecule has 1 heterocycles. The van der Waals surface area contributed by atoms with Crippen molar-refractivity contribution in [1.82, 2.24) is 5.32 Å². The summed E-state index contributed by atoms with van der Waals surface area (Å²) in [7, 11) is 0. The number of ether oxygens (including phenoxy) is 2. The molecule has 0 spiro atoms. The number of carbonyl (C=O) groups excluding carboxylic acids is 2. The third-order valence-corrected chi connectivity index (χ3v) is 4.43. The summed E-state index contributed by atoms with van der Waals surface area (Å²) < 4.78 is 23.5. The van der Waals surface area contributed by atoms with Crippen LogP contribution in [0.5, 0.6) is 0 Å². The summed E-state index contributed by atoms with van der Waals surface area (Å²) >= 11 is 0. The Kier molecular flexibility index (Phi) is 5.84. The van der Waals surface area contributed by atoms with Crippen LogP contribution in [0.15, 0.2) is 54.6 Å². The number of rotatable bonds is 5. The average Bonchev–Trinajstić information content (AvgIpc) is 2.67. The Bertz CT molecular complexity index is 748. The van der Waals surface area contributed by atoms with Crippen LogP contribution in [0, 0.1) is 11.7 Å². The number of benzene rings is 2. The van der Waals surface area contributed by atoms with Crippen LogP contribution in [0.3, 0.4) is 0 Å². The van der Waals surface area contributed by atoms with Gasteiger partial charge in [-0.05, 0) is 23.3 Å². The molecule has 0 aromatic heterocycles. The topological polar surface area (TPSA) is 64.6 Å². The van der Waals surface area contributed by atoms with Gasteiger partial charge in [0.1, 0.15) is 12.4 Å². The van der Waals surface area contributed by atoms with Gasteiger partial charge in [-0.1, -0.05) is 42.5 Å². The van der Waals surface area contributed by atoms with Crippen molar-refractivity contribution in [1.29, 1.82) is 0 Å². The van der Waals surface area contributed by atoms with Crippen LogP contribution in [0.2, 0.25) is 0 Å². The smallest absolute Gasteiger partial charge is 0.407 e. The number of hydrogen-bond donors (Lipinski definition) is 1. The van der Waals surface area contributed by atoms with Crippen molar-refractivity contribution < 1.29 is 23.5 Å². The van der Waals surface area contributed by atoms with Crippen LogP contribution in [0.4, 0.5) is 9.18 Å². The van der Waals surface area contributed by atoms with Crippen molar-refractivity contribution in [2.75, 3.05) is 13.2 Å². The van der Waals surface area contributed by atoms with Gasteiger partial charge in [-0.3, -0.25) is 4.79 Å². The van der Waals surface area contributed by atoms with Gasteiger partial charge in [-0.2, -0.15) is 0 Å². The van der Waals surface area contributed by atoms with Crippen LogP contribution < -0.4 is 5.32 Å². The Labute approximate surface area is 151 Å². The van der Waals surface area contributed by atoms with E-state index in [9.17, 15) is 14.0 Å². The second-order valence-corrected chi connectivity index (χ2v) is 6.25. The van der Waals surface area contributed by atoms with Crippen LogP contribution >= 0.6 is 0 Å². The minimum absolute atomic E-state index is 0.0950. The fraction of sp³-hybridized carbons (Fsp3) is 0.300. The number of cyclic esters (lactones) is 1. The molecule has 26 heavy (non-hydrogen) atoms. The number of alkyl carbamates (subject to hydrolysis) is 1. The molecule has 136 valence electrons. The van der Waals surface area contributed by atoms with Gasteiger partial charge < -0.3 is 14.8 Å². The van der Waals surface area contributed by atoms with Crippen molar-refractivity contribution in [3.63, 3.8) is 0 Å². The minimum Gasteiger partial charge on any atom is -0.465 e. The van der Waals surface area contributed by atoms with E-state index in [1.165, 1.54) is 12.1 Å². The number of amides is 1. The van der Waals surface area contributed by atoms with Gasteiger partial charge in [-0.25, -0.2) is 9.18 Å². The third-order valence-electron chi connectivity index (χ3n) is 4.43. The van der Waals surface area contributed by atoms with Crippen molar-refractivity contribution in [3.05, 3.63) is 71.5 Å². The first-order valence-electron chi connectivity index (χ1n) is 8.47. The molecule has 1 N–H and O–H groups in total. The third kappa shape index (κ3) is 4.81. The molecule has 2 aromatic rings. The normalized spacial score (nSPS) is 19.5. The Hall–Kier alpha value is -2.89. The van der Waals surface area contributed by atoms with E-state index in [1.807, 2.05) is 30.3 Å². The first-order valence-corrected chi connectivity index (χ1v) is 8.47. The molecule has 0 unspecified atom stereocenters. The maximum atomic E-state index is 13.1. The number of esters is 1. The van der Waals surface area contributed by atoms with Crippen LogP contribution in [-0.2, 0) is 20.9 Å². The monoisotopic (exact) mass is 357 g/mol. The van der Waals surface area contributed by atoms with Gasteiger partial charge in [-0.15, -0.1) is 0 Å². The molecule has 0 radical (unpaired) electrons.